The van der Waals surface area contributed by atoms with Crippen LogP contribution < -0.4 is 0 Å². The topological polar surface area (TPSA) is 74.7 Å². The number of carboxylic acid groups (broad SMARTS) is 1. The summed E-state index contributed by atoms with van der Waals surface area (Å²) in [6.07, 6.45) is 1.17. The van der Waals surface area contributed by atoms with Crippen molar-refractivity contribution in [3.63, 3.8) is 0 Å². The van der Waals surface area contributed by atoms with Gasteiger partial charge in [0.2, 0.25) is 10.0 Å². The highest BCUT2D eigenvalue weighted by Crippen LogP contribution is 2.26. The average Bonchev–Trinajstić information content (AvgIpc) is 2.39. The van der Waals surface area contributed by atoms with Gasteiger partial charge in [-0.2, -0.15) is 4.31 Å². The Morgan fingerprint density at radius 2 is 1.90 bits per heavy atom. The minimum atomic E-state index is -3.71. The molecular formula is C12H13Cl2NO4S. The number of aromatic carboxylic acids is 1. The second-order valence-electron chi connectivity index (χ2n) is 4.53. The van der Waals surface area contributed by atoms with Crippen molar-refractivity contribution in [3.05, 3.63) is 28.8 Å². The summed E-state index contributed by atoms with van der Waals surface area (Å²) in [5.41, 5.74) is -0.222. The first-order valence-electron chi connectivity index (χ1n) is 5.99. The fourth-order valence-electron chi connectivity index (χ4n) is 2.04. The quantitative estimate of drug-likeness (QED) is 0.859. The second kappa shape index (κ2) is 5.89. The molecule has 1 saturated heterocycles. The minimum absolute atomic E-state index is 0.0101. The van der Waals surface area contributed by atoms with E-state index in [2.05, 4.69) is 0 Å². The molecule has 0 saturated carbocycles. The van der Waals surface area contributed by atoms with Gasteiger partial charge in [0.25, 0.3) is 0 Å². The van der Waals surface area contributed by atoms with Crippen LogP contribution in [-0.4, -0.2) is 42.3 Å². The Balaban J connectivity index is 2.35. The highest BCUT2D eigenvalue weighted by atomic mass is 35.5. The number of hydrogen-bond donors (Lipinski definition) is 1. The van der Waals surface area contributed by atoms with Crippen molar-refractivity contribution in [2.24, 2.45) is 0 Å². The Kier molecular flexibility index (Phi) is 4.59. The largest absolute Gasteiger partial charge is 0.478 e. The maximum absolute atomic E-state index is 12.4. The monoisotopic (exact) mass is 337 g/mol. The van der Waals surface area contributed by atoms with E-state index < -0.39 is 16.0 Å². The fourth-order valence-corrected chi connectivity index (χ4v) is 3.93. The Morgan fingerprint density at radius 1 is 1.30 bits per heavy atom. The zero-order chi connectivity index (χ0) is 14.9. The van der Waals surface area contributed by atoms with Crippen molar-refractivity contribution >= 4 is 39.2 Å². The molecule has 2 rings (SSSR count). The predicted molar refractivity (Wildman–Crippen MR) is 76.0 cm³/mol. The lowest BCUT2D eigenvalue weighted by Crippen LogP contribution is -2.38. The lowest BCUT2D eigenvalue weighted by atomic mass is 10.2. The summed E-state index contributed by atoms with van der Waals surface area (Å²) in [7, 11) is -3.71. The molecule has 0 spiro atoms. The molecule has 1 aliphatic heterocycles. The Morgan fingerprint density at radius 3 is 2.45 bits per heavy atom. The van der Waals surface area contributed by atoms with Crippen LogP contribution in [0.4, 0.5) is 0 Å². The Labute approximate surface area is 127 Å². The van der Waals surface area contributed by atoms with Crippen LogP contribution in [0.1, 0.15) is 23.2 Å². The van der Waals surface area contributed by atoms with Crippen molar-refractivity contribution in [1.82, 2.24) is 4.31 Å². The molecule has 0 bridgehead atoms. The molecular weight excluding hydrogens is 325 g/mol. The van der Waals surface area contributed by atoms with E-state index in [0.717, 1.165) is 6.07 Å². The highest BCUT2D eigenvalue weighted by Gasteiger charge is 2.29. The third-order valence-corrected chi connectivity index (χ3v) is 5.85. The van der Waals surface area contributed by atoms with Gasteiger partial charge in [-0.05, 0) is 31.0 Å². The number of nitrogens with zero attached hydrogens (tertiary/aromatic N) is 1. The Bertz CT molecular complexity index is 624. The Hall–Kier alpha value is -0.820. The first-order valence-corrected chi connectivity index (χ1v) is 8.25. The lowest BCUT2D eigenvalue weighted by Gasteiger charge is -2.28. The number of hydrogen-bond acceptors (Lipinski definition) is 3. The van der Waals surface area contributed by atoms with Crippen molar-refractivity contribution < 1.29 is 18.3 Å². The van der Waals surface area contributed by atoms with Crippen molar-refractivity contribution in [3.8, 4) is 0 Å². The van der Waals surface area contributed by atoms with Crippen LogP contribution >= 0.6 is 23.2 Å². The van der Waals surface area contributed by atoms with Crippen LogP contribution in [0.15, 0.2) is 23.1 Å². The minimum Gasteiger partial charge on any atom is -0.478 e. The smallest absolute Gasteiger partial charge is 0.337 e. The summed E-state index contributed by atoms with van der Waals surface area (Å²) in [5.74, 6) is -1.26. The molecule has 5 nitrogen and oxygen atoms in total. The van der Waals surface area contributed by atoms with Crippen molar-refractivity contribution in [2.45, 2.75) is 23.1 Å². The van der Waals surface area contributed by atoms with Crippen LogP contribution in [0, 0.1) is 0 Å². The number of sulfonamides is 1. The normalized spacial score (nSPS) is 18.1. The second-order valence-corrected chi connectivity index (χ2v) is 7.49. The van der Waals surface area contributed by atoms with E-state index in [1.807, 2.05) is 0 Å². The van der Waals surface area contributed by atoms with E-state index in [9.17, 15) is 13.2 Å². The number of halogens is 2. The standard InChI is InChI=1S/C12H13Cl2NO4S/c13-8-3-5-15(6-4-8)20(18,19)9-1-2-11(14)10(7-9)12(16)17/h1-2,7-8H,3-6H2,(H,16,17). The highest BCUT2D eigenvalue weighted by molar-refractivity contribution is 7.89. The summed E-state index contributed by atoms with van der Waals surface area (Å²) in [6, 6.07) is 3.69. The molecule has 1 aliphatic rings. The molecule has 0 unspecified atom stereocenters. The van der Waals surface area contributed by atoms with Gasteiger partial charge in [0, 0.05) is 18.5 Å². The van der Waals surface area contributed by atoms with Gasteiger partial charge in [0.15, 0.2) is 0 Å². The molecule has 1 aromatic rings. The number of carbonyl (C=O) groups is 1. The third-order valence-electron chi connectivity index (χ3n) is 3.19. The van der Waals surface area contributed by atoms with Crippen LogP contribution in [-0.2, 0) is 10.0 Å². The van der Waals surface area contributed by atoms with Gasteiger partial charge < -0.3 is 5.11 Å². The SMILES string of the molecule is O=C(O)c1cc(S(=O)(=O)N2CCC(Cl)CC2)ccc1Cl. The maximum Gasteiger partial charge on any atom is 0.337 e. The molecule has 1 heterocycles. The summed E-state index contributed by atoms with van der Waals surface area (Å²) < 4.78 is 26.2. The summed E-state index contributed by atoms with van der Waals surface area (Å²) >= 11 is 11.7. The molecule has 0 aromatic heterocycles. The van der Waals surface area contributed by atoms with E-state index in [4.69, 9.17) is 28.3 Å². The summed E-state index contributed by atoms with van der Waals surface area (Å²) in [5, 5.41) is 8.99. The van der Waals surface area contributed by atoms with Crippen LogP contribution in [0.3, 0.4) is 0 Å². The van der Waals surface area contributed by atoms with Crippen molar-refractivity contribution in [1.29, 1.82) is 0 Å². The molecule has 110 valence electrons. The van der Waals surface area contributed by atoms with E-state index in [1.165, 1.54) is 16.4 Å². The number of benzene rings is 1. The first kappa shape index (κ1) is 15.6. The number of piperidine rings is 1. The molecule has 0 aliphatic carbocycles. The predicted octanol–water partition coefficient (Wildman–Crippen LogP) is 2.43. The number of alkyl halides is 1. The molecule has 1 N–H and O–H groups in total. The van der Waals surface area contributed by atoms with Gasteiger partial charge in [-0.3, -0.25) is 0 Å². The molecule has 1 aromatic carbocycles. The lowest BCUT2D eigenvalue weighted by molar-refractivity contribution is 0.0697. The molecule has 20 heavy (non-hydrogen) atoms. The van der Waals surface area contributed by atoms with Crippen LogP contribution in [0.25, 0.3) is 0 Å². The molecule has 8 heteroatoms. The van der Waals surface area contributed by atoms with E-state index in [-0.39, 0.29) is 20.9 Å². The van der Waals surface area contributed by atoms with E-state index in [0.29, 0.717) is 25.9 Å². The van der Waals surface area contributed by atoms with Gasteiger partial charge in [-0.25, -0.2) is 13.2 Å². The van der Waals surface area contributed by atoms with Gasteiger partial charge in [-0.1, -0.05) is 11.6 Å². The van der Waals surface area contributed by atoms with Crippen molar-refractivity contribution in [2.75, 3.05) is 13.1 Å². The maximum atomic E-state index is 12.4. The third kappa shape index (κ3) is 3.09. The van der Waals surface area contributed by atoms with E-state index >= 15 is 0 Å². The van der Waals surface area contributed by atoms with E-state index in [1.54, 1.807) is 0 Å². The average molecular weight is 338 g/mol. The summed E-state index contributed by atoms with van der Waals surface area (Å²) in [4.78, 5) is 10.9. The molecule has 0 radical (unpaired) electrons. The molecule has 0 atom stereocenters. The summed E-state index contributed by atoms with van der Waals surface area (Å²) in [6.45, 7) is 0.670. The zero-order valence-electron chi connectivity index (χ0n) is 10.4. The fraction of sp³-hybridized carbons (Fsp3) is 0.417. The van der Waals surface area contributed by atoms with Crippen LogP contribution in [0.5, 0.6) is 0 Å². The van der Waals surface area contributed by atoms with Gasteiger partial charge >= 0.3 is 5.97 Å². The van der Waals surface area contributed by atoms with Crippen LogP contribution in [0.2, 0.25) is 5.02 Å². The van der Waals surface area contributed by atoms with Gasteiger partial charge in [-0.15, -0.1) is 11.6 Å². The number of rotatable bonds is 3. The zero-order valence-corrected chi connectivity index (χ0v) is 12.7. The molecule has 1 fully saturated rings. The first-order chi connectivity index (χ1) is 9.32. The van der Waals surface area contributed by atoms with Gasteiger partial charge in [0.1, 0.15) is 0 Å². The van der Waals surface area contributed by atoms with Gasteiger partial charge in [0.05, 0.1) is 15.5 Å². The number of carboxylic acids is 1. The molecule has 0 amide bonds.